The number of aromatic hydroxyl groups is 1. The summed E-state index contributed by atoms with van der Waals surface area (Å²) >= 11 is 0. The van der Waals surface area contributed by atoms with Gasteiger partial charge in [0.1, 0.15) is 23.2 Å². The molecule has 0 aliphatic rings. The lowest BCUT2D eigenvalue weighted by Crippen LogP contribution is -2.15. The van der Waals surface area contributed by atoms with Crippen LogP contribution >= 0.6 is 0 Å². The van der Waals surface area contributed by atoms with Gasteiger partial charge in [0, 0.05) is 17.6 Å². The molecule has 0 aliphatic heterocycles. The third kappa shape index (κ3) is 4.32. The summed E-state index contributed by atoms with van der Waals surface area (Å²) in [5.41, 5.74) is 1.40. The van der Waals surface area contributed by atoms with Crippen molar-refractivity contribution in [3.63, 3.8) is 0 Å². The van der Waals surface area contributed by atoms with E-state index < -0.39 is 11.7 Å². The van der Waals surface area contributed by atoms with Crippen molar-refractivity contribution in [3.05, 3.63) is 65.6 Å². The molecule has 0 fully saturated rings. The van der Waals surface area contributed by atoms with Crippen molar-refractivity contribution in [1.82, 2.24) is 0 Å². The van der Waals surface area contributed by atoms with Gasteiger partial charge in [0.15, 0.2) is 0 Å². The van der Waals surface area contributed by atoms with Crippen LogP contribution in [0.1, 0.15) is 5.56 Å². The number of anilines is 2. The van der Waals surface area contributed by atoms with Crippen LogP contribution in [0, 0.1) is 24.1 Å². The summed E-state index contributed by atoms with van der Waals surface area (Å²) in [7, 11) is 0. The van der Waals surface area contributed by atoms with E-state index >= 15 is 0 Å². The van der Waals surface area contributed by atoms with E-state index in [1.54, 1.807) is 19.1 Å². The fourth-order valence-corrected chi connectivity index (χ4v) is 1.86. The van der Waals surface area contributed by atoms with Crippen LogP contribution in [0.3, 0.4) is 0 Å². The van der Waals surface area contributed by atoms with Crippen molar-refractivity contribution in [1.29, 1.82) is 5.26 Å². The number of phenols is 1. The SMILES string of the molecule is Cc1cc(O)ccc1NC(=O)/C(C#N)=C\Nc1cccc(F)c1. The topological polar surface area (TPSA) is 85.2 Å². The maximum Gasteiger partial charge on any atom is 0.267 e. The number of hydrogen-bond donors (Lipinski definition) is 3. The second-order valence-corrected chi connectivity index (χ2v) is 4.78. The number of amides is 1. The minimum Gasteiger partial charge on any atom is -0.508 e. The lowest BCUT2D eigenvalue weighted by molar-refractivity contribution is -0.112. The third-order valence-electron chi connectivity index (χ3n) is 3.03. The van der Waals surface area contributed by atoms with E-state index in [0.29, 0.717) is 16.9 Å². The van der Waals surface area contributed by atoms with Gasteiger partial charge in [0.05, 0.1) is 0 Å². The zero-order chi connectivity index (χ0) is 16.8. The number of halogens is 1. The molecule has 6 heteroatoms. The van der Waals surface area contributed by atoms with E-state index in [2.05, 4.69) is 10.6 Å². The Hall–Kier alpha value is -3.33. The highest BCUT2D eigenvalue weighted by Crippen LogP contribution is 2.20. The number of carbonyl (C=O) groups is 1. The van der Waals surface area contributed by atoms with Crippen molar-refractivity contribution in [2.45, 2.75) is 6.92 Å². The molecule has 2 rings (SSSR count). The van der Waals surface area contributed by atoms with E-state index in [4.69, 9.17) is 5.26 Å². The number of rotatable bonds is 4. The van der Waals surface area contributed by atoms with E-state index in [9.17, 15) is 14.3 Å². The Morgan fingerprint density at radius 1 is 1.30 bits per heavy atom. The van der Waals surface area contributed by atoms with Gasteiger partial charge >= 0.3 is 0 Å². The number of phenolic OH excluding ortho intramolecular Hbond substituents is 1. The molecule has 0 radical (unpaired) electrons. The minimum atomic E-state index is -0.606. The van der Waals surface area contributed by atoms with Gasteiger partial charge in [0.2, 0.25) is 0 Å². The first-order valence-corrected chi connectivity index (χ1v) is 6.73. The van der Waals surface area contributed by atoms with Crippen molar-refractivity contribution >= 4 is 17.3 Å². The predicted octanol–water partition coefficient (Wildman–Crippen LogP) is 3.30. The summed E-state index contributed by atoms with van der Waals surface area (Å²) < 4.78 is 13.1. The smallest absolute Gasteiger partial charge is 0.267 e. The first-order valence-electron chi connectivity index (χ1n) is 6.73. The zero-order valence-electron chi connectivity index (χ0n) is 12.3. The summed E-state index contributed by atoms with van der Waals surface area (Å²) in [5.74, 6) is -0.944. The monoisotopic (exact) mass is 311 g/mol. The second kappa shape index (κ2) is 7.09. The number of nitrogens with zero attached hydrogens (tertiary/aromatic N) is 1. The largest absolute Gasteiger partial charge is 0.508 e. The minimum absolute atomic E-state index is 0.0873. The molecular weight excluding hydrogens is 297 g/mol. The molecule has 23 heavy (non-hydrogen) atoms. The Kier molecular flexibility index (Phi) is 4.95. The molecule has 1 amide bonds. The fourth-order valence-electron chi connectivity index (χ4n) is 1.86. The Labute approximate surface area is 132 Å². The quantitative estimate of drug-likeness (QED) is 0.459. The molecule has 2 aromatic rings. The molecule has 0 atom stereocenters. The van der Waals surface area contributed by atoms with Crippen molar-refractivity contribution in [3.8, 4) is 11.8 Å². The maximum atomic E-state index is 13.1. The molecule has 0 saturated heterocycles. The molecule has 0 unspecified atom stereocenters. The van der Waals surface area contributed by atoms with E-state index in [0.717, 1.165) is 0 Å². The number of aryl methyl sites for hydroxylation is 1. The summed E-state index contributed by atoms with van der Waals surface area (Å²) in [5, 5.41) is 23.7. The molecule has 0 aliphatic carbocycles. The van der Waals surface area contributed by atoms with Gasteiger partial charge in [0.25, 0.3) is 5.91 Å². The van der Waals surface area contributed by atoms with Crippen LogP contribution in [0.2, 0.25) is 0 Å². The Morgan fingerprint density at radius 3 is 2.74 bits per heavy atom. The standard InChI is InChI=1S/C17H14FN3O2/c1-11-7-15(22)5-6-16(11)21-17(23)12(9-19)10-20-14-4-2-3-13(18)8-14/h2-8,10,20,22H,1H3,(H,21,23)/b12-10-. The highest BCUT2D eigenvalue weighted by atomic mass is 19.1. The second-order valence-electron chi connectivity index (χ2n) is 4.78. The van der Waals surface area contributed by atoms with Gasteiger partial charge in [-0.05, 0) is 48.9 Å². The van der Waals surface area contributed by atoms with E-state index in [1.807, 2.05) is 0 Å². The molecule has 3 N–H and O–H groups in total. The fraction of sp³-hybridized carbons (Fsp3) is 0.0588. The molecule has 116 valence electrons. The van der Waals surface area contributed by atoms with Gasteiger partial charge in [-0.15, -0.1) is 0 Å². The van der Waals surface area contributed by atoms with Gasteiger partial charge in [-0.2, -0.15) is 5.26 Å². The van der Waals surface area contributed by atoms with Crippen molar-refractivity contribution in [2.24, 2.45) is 0 Å². The first-order chi connectivity index (χ1) is 11.0. The Bertz CT molecular complexity index is 810. The maximum absolute atomic E-state index is 13.1. The number of hydrogen-bond acceptors (Lipinski definition) is 4. The first kappa shape index (κ1) is 16.0. The summed E-state index contributed by atoms with van der Waals surface area (Å²) in [6.07, 6.45) is 1.21. The molecule has 0 spiro atoms. The molecule has 0 saturated carbocycles. The van der Waals surface area contributed by atoms with Crippen LogP contribution in [0.15, 0.2) is 54.2 Å². The van der Waals surface area contributed by atoms with Gasteiger partial charge in [-0.3, -0.25) is 4.79 Å². The molecule has 2 aromatic carbocycles. The lowest BCUT2D eigenvalue weighted by Gasteiger charge is -2.08. The molecule has 5 nitrogen and oxygen atoms in total. The number of carbonyl (C=O) groups excluding carboxylic acids is 1. The highest BCUT2D eigenvalue weighted by Gasteiger charge is 2.11. The average Bonchev–Trinajstić information content (AvgIpc) is 2.51. The highest BCUT2D eigenvalue weighted by molar-refractivity contribution is 6.07. The number of benzene rings is 2. The van der Waals surface area contributed by atoms with Gasteiger partial charge < -0.3 is 15.7 Å². The summed E-state index contributed by atoms with van der Waals surface area (Å²) in [4.78, 5) is 12.1. The van der Waals surface area contributed by atoms with Crippen molar-refractivity contribution < 1.29 is 14.3 Å². The molecule has 0 aromatic heterocycles. The van der Waals surface area contributed by atoms with Gasteiger partial charge in [-0.1, -0.05) is 6.07 Å². The lowest BCUT2D eigenvalue weighted by atomic mass is 10.2. The number of nitriles is 1. The predicted molar refractivity (Wildman–Crippen MR) is 85.2 cm³/mol. The van der Waals surface area contributed by atoms with Crippen LogP contribution in [0.25, 0.3) is 0 Å². The molecule has 0 bridgehead atoms. The van der Waals surface area contributed by atoms with Crippen LogP contribution < -0.4 is 10.6 Å². The molecular formula is C17H14FN3O2. The van der Waals surface area contributed by atoms with Gasteiger partial charge in [-0.25, -0.2) is 4.39 Å². The van der Waals surface area contributed by atoms with Crippen LogP contribution in [-0.2, 0) is 4.79 Å². The van der Waals surface area contributed by atoms with E-state index in [-0.39, 0.29) is 11.3 Å². The summed E-state index contributed by atoms with van der Waals surface area (Å²) in [6.45, 7) is 1.72. The normalized spacial score (nSPS) is 10.7. The number of nitrogens with one attached hydrogen (secondary N) is 2. The Balaban J connectivity index is 2.12. The third-order valence-corrected chi connectivity index (χ3v) is 3.03. The van der Waals surface area contributed by atoms with E-state index in [1.165, 1.54) is 42.6 Å². The van der Waals surface area contributed by atoms with Crippen LogP contribution in [0.5, 0.6) is 5.75 Å². The van der Waals surface area contributed by atoms with Crippen LogP contribution in [-0.4, -0.2) is 11.0 Å². The Morgan fingerprint density at radius 2 is 2.09 bits per heavy atom. The average molecular weight is 311 g/mol. The summed E-state index contributed by atoms with van der Waals surface area (Å²) in [6, 6.07) is 11.9. The zero-order valence-corrected chi connectivity index (χ0v) is 12.3. The van der Waals surface area contributed by atoms with Crippen molar-refractivity contribution in [2.75, 3.05) is 10.6 Å². The molecule has 0 heterocycles. The van der Waals surface area contributed by atoms with Crippen LogP contribution in [0.4, 0.5) is 15.8 Å².